The summed E-state index contributed by atoms with van der Waals surface area (Å²) in [7, 11) is -1.18. The lowest BCUT2D eigenvalue weighted by Crippen LogP contribution is -2.43. The van der Waals surface area contributed by atoms with E-state index in [2.05, 4.69) is 14.1 Å². The SMILES string of the molecule is C[N+]1(C)CCCCC1.O=S(=O)([O-])c1c2c(cc(C(F)(F)F)c1C(F)(F)F)-c1ccccc1C2. The Morgan fingerprint density at radius 2 is 1.45 bits per heavy atom. The molecule has 4 rings (SSSR count). The van der Waals surface area contributed by atoms with Gasteiger partial charge in [0.1, 0.15) is 10.1 Å². The molecule has 0 unspecified atom stereocenters. The van der Waals surface area contributed by atoms with Crippen LogP contribution in [0.2, 0.25) is 0 Å². The maximum absolute atomic E-state index is 13.3. The van der Waals surface area contributed by atoms with Crippen LogP contribution >= 0.6 is 0 Å². The number of benzene rings is 2. The Balaban J connectivity index is 0.000000323. The highest BCUT2D eigenvalue weighted by Crippen LogP contribution is 2.50. The molecule has 182 valence electrons. The first-order valence-corrected chi connectivity index (χ1v) is 11.6. The average molecular weight is 495 g/mol. The largest absolute Gasteiger partial charge is 0.744 e. The van der Waals surface area contributed by atoms with E-state index in [0.717, 1.165) is 0 Å². The van der Waals surface area contributed by atoms with Crippen molar-refractivity contribution in [1.29, 1.82) is 0 Å². The summed E-state index contributed by atoms with van der Waals surface area (Å²) in [6.45, 7) is 2.78. The molecule has 0 saturated carbocycles. The molecule has 1 aliphatic heterocycles. The van der Waals surface area contributed by atoms with Crippen molar-refractivity contribution in [3.05, 3.63) is 52.6 Å². The fraction of sp³-hybridized carbons (Fsp3) is 0.455. The molecule has 11 heteroatoms. The molecule has 0 bridgehead atoms. The highest BCUT2D eigenvalue weighted by molar-refractivity contribution is 7.85. The number of quaternary nitrogens is 1. The lowest BCUT2D eigenvalue weighted by molar-refractivity contribution is -0.894. The Kier molecular flexibility index (Phi) is 6.64. The van der Waals surface area contributed by atoms with Crippen molar-refractivity contribution in [2.45, 2.75) is 42.9 Å². The minimum atomic E-state index is -5.81. The molecule has 1 fully saturated rings. The minimum absolute atomic E-state index is 0.168. The lowest BCUT2D eigenvalue weighted by Gasteiger charge is -2.33. The lowest BCUT2D eigenvalue weighted by atomic mass is 9.97. The zero-order valence-corrected chi connectivity index (χ0v) is 18.8. The Bertz CT molecular complexity index is 1150. The standard InChI is InChI=1S/C15H8F6O3S.C7H16N/c16-14(17,18)11-6-9-8-4-2-1-3-7(8)5-10(9)13(25(22,23)24)12(11)15(19,20)21;1-8(2)6-4-3-5-7-8/h1-4,6H,5H2,(H,22,23,24);3-7H2,1-2H3/q;+1/p-1. The topological polar surface area (TPSA) is 57.2 Å². The van der Waals surface area contributed by atoms with E-state index in [-0.39, 0.29) is 23.6 Å². The van der Waals surface area contributed by atoms with Gasteiger partial charge >= 0.3 is 12.4 Å². The molecule has 2 aromatic rings. The van der Waals surface area contributed by atoms with Gasteiger partial charge in [-0.05, 0) is 54.0 Å². The molecule has 2 aliphatic rings. The molecule has 1 saturated heterocycles. The van der Waals surface area contributed by atoms with Crippen LogP contribution in [0.1, 0.15) is 41.5 Å². The van der Waals surface area contributed by atoms with Crippen molar-refractivity contribution in [3.63, 3.8) is 0 Å². The van der Waals surface area contributed by atoms with Crippen molar-refractivity contribution in [2.75, 3.05) is 27.2 Å². The Morgan fingerprint density at radius 1 is 0.879 bits per heavy atom. The van der Waals surface area contributed by atoms with Gasteiger partial charge in [0, 0.05) is 0 Å². The molecule has 0 spiro atoms. The zero-order chi connectivity index (χ0) is 24.8. The second kappa shape index (κ2) is 8.59. The molecule has 1 heterocycles. The predicted molar refractivity (Wildman–Crippen MR) is 108 cm³/mol. The molecule has 0 amide bonds. The van der Waals surface area contributed by atoms with Crippen molar-refractivity contribution < 1.29 is 43.8 Å². The van der Waals surface area contributed by atoms with E-state index < -0.39 is 44.1 Å². The van der Waals surface area contributed by atoms with E-state index >= 15 is 0 Å². The smallest absolute Gasteiger partial charge is 0.418 e. The van der Waals surface area contributed by atoms with Crippen molar-refractivity contribution in [1.82, 2.24) is 0 Å². The monoisotopic (exact) mass is 495 g/mol. The summed E-state index contributed by atoms with van der Waals surface area (Å²) in [4.78, 5) is -1.85. The molecule has 0 aromatic heterocycles. The van der Waals surface area contributed by atoms with E-state index in [1.165, 1.54) is 61.1 Å². The maximum atomic E-state index is 13.3. The summed E-state index contributed by atoms with van der Waals surface area (Å²) >= 11 is 0. The number of piperidine rings is 1. The molecule has 0 atom stereocenters. The minimum Gasteiger partial charge on any atom is -0.744 e. The quantitative estimate of drug-likeness (QED) is 0.256. The molecule has 1 aliphatic carbocycles. The van der Waals surface area contributed by atoms with Gasteiger partial charge in [-0.2, -0.15) is 26.3 Å². The van der Waals surface area contributed by atoms with Gasteiger partial charge in [0.15, 0.2) is 0 Å². The molecule has 4 nitrogen and oxygen atoms in total. The van der Waals surface area contributed by atoms with Crippen molar-refractivity contribution in [2.24, 2.45) is 0 Å². The summed E-state index contributed by atoms with van der Waals surface area (Å²) in [5, 5.41) is 0. The van der Waals surface area contributed by atoms with E-state index in [9.17, 15) is 39.3 Å². The van der Waals surface area contributed by atoms with Gasteiger partial charge in [-0.25, -0.2) is 8.42 Å². The van der Waals surface area contributed by atoms with E-state index in [0.29, 0.717) is 5.56 Å². The molecule has 33 heavy (non-hydrogen) atoms. The van der Waals surface area contributed by atoms with Gasteiger partial charge in [0.05, 0.1) is 43.2 Å². The summed E-state index contributed by atoms with van der Waals surface area (Å²) < 4.78 is 115. The van der Waals surface area contributed by atoms with Crippen LogP contribution in [-0.2, 0) is 28.9 Å². The van der Waals surface area contributed by atoms with Crippen LogP contribution in [0.25, 0.3) is 11.1 Å². The van der Waals surface area contributed by atoms with Gasteiger partial charge in [-0.15, -0.1) is 0 Å². The first-order chi connectivity index (χ1) is 15.0. The van der Waals surface area contributed by atoms with E-state index in [1.807, 2.05) is 0 Å². The van der Waals surface area contributed by atoms with Crippen molar-refractivity contribution >= 4 is 10.1 Å². The molecule has 0 radical (unpaired) electrons. The number of halogens is 6. The van der Waals surface area contributed by atoms with Gasteiger partial charge in [0.25, 0.3) is 0 Å². The van der Waals surface area contributed by atoms with Crippen LogP contribution in [0.4, 0.5) is 26.3 Å². The Hall–Kier alpha value is -2.11. The second-order valence-corrected chi connectivity index (χ2v) is 10.2. The fourth-order valence-corrected chi connectivity index (χ4v) is 5.35. The third kappa shape index (κ3) is 5.52. The van der Waals surface area contributed by atoms with Crippen LogP contribution in [0.5, 0.6) is 0 Å². The summed E-state index contributed by atoms with van der Waals surface area (Å²) in [6, 6.07) is 6.02. The summed E-state index contributed by atoms with van der Waals surface area (Å²) in [6.07, 6.45) is -7.19. The Morgan fingerprint density at radius 3 is 1.91 bits per heavy atom. The van der Waals surface area contributed by atoms with Crippen LogP contribution in [0, 0.1) is 0 Å². The second-order valence-electron chi connectivity index (χ2n) is 8.88. The van der Waals surface area contributed by atoms with E-state index in [4.69, 9.17) is 0 Å². The first-order valence-electron chi connectivity index (χ1n) is 10.2. The number of rotatable bonds is 1. The van der Waals surface area contributed by atoms with Gasteiger partial charge in [0.2, 0.25) is 0 Å². The van der Waals surface area contributed by atoms with Crippen LogP contribution in [0.3, 0.4) is 0 Å². The van der Waals surface area contributed by atoms with Crippen LogP contribution in [-0.4, -0.2) is 44.6 Å². The maximum Gasteiger partial charge on any atom is 0.418 e. The van der Waals surface area contributed by atoms with Gasteiger partial charge < -0.3 is 9.04 Å². The number of hydrogen-bond acceptors (Lipinski definition) is 3. The third-order valence-corrected chi connectivity index (χ3v) is 6.88. The van der Waals surface area contributed by atoms with Crippen LogP contribution in [0.15, 0.2) is 35.2 Å². The van der Waals surface area contributed by atoms with Gasteiger partial charge in [-0.3, -0.25) is 0 Å². The summed E-state index contributed by atoms with van der Waals surface area (Å²) in [5.74, 6) is 0. The molecule has 0 N–H and O–H groups in total. The first kappa shape index (κ1) is 25.5. The molecule has 2 aromatic carbocycles. The summed E-state index contributed by atoms with van der Waals surface area (Å²) in [5.41, 5.74) is -5.02. The number of likely N-dealkylation sites (tertiary alicyclic amines) is 1. The van der Waals surface area contributed by atoms with Crippen molar-refractivity contribution in [3.8, 4) is 11.1 Å². The molecular weight excluding hydrogens is 472 g/mol. The number of alkyl halides is 6. The normalized spacial score (nSPS) is 17.6. The number of fused-ring (bicyclic) bond motifs is 3. The van der Waals surface area contributed by atoms with Crippen LogP contribution < -0.4 is 0 Å². The van der Waals surface area contributed by atoms with Gasteiger partial charge in [-0.1, -0.05) is 24.3 Å². The molecular formula is C22H23F6NO3S. The highest BCUT2D eigenvalue weighted by Gasteiger charge is 2.48. The highest BCUT2D eigenvalue weighted by atomic mass is 32.2. The number of hydrogen-bond donors (Lipinski definition) is 0. The third-order valence-electron chi connectivity index (χ3n) is 5.92. The zero-order valence-electron chi connectivity index (χ0n) is 18.0. The predicted octanol–water partition coefficient (Wildman–Crippen LogP) is 5.45. The average Bonchev–Trinajstić information content (AvgIpc) is 3.03. The number of nitrogens with zero attached hydrogens (tertiary/aromatic N) is 1. The van der Waals surface area contributed by atoms with E-state index in [1.54, 1.807) is 0 Å². The fourth-order valence-electron chi connectivity index (χ4n) is 4.39. The Labute approximate surface area is 188 Å².